The zero-order chi connectivity index (χ0) is 6.10. The predicted molar refractivity (Wildman–Crippen MR) is 30.8 cm³/mol. The van der Waals surface area contributed by atoms with Gasteiger partial charge in [0.15, 0.2) is 0 Å². The molecule has 9 heavy (non-hydrogen) atoms. The zero-order valence-electron chi connectivity index (χ0n) is 4.60. The van der Waals surface area contributed by atoms with E-state index >= 15 is 0 Å². The zero-order valence-corrected chi connectivity index (χ0v) is 4.60. The Balaban J connectivity index is 2.95. The van der Waals surface area contributed by atoms with Gasteiger partial charge >= 0.3 is 0 Å². The number of hydrogen-bond donors (Lipinski definition) is 0. The van der Waals surface area contributed by atoms with Gasteiger partial charge in [-0.05, 0) is 17.3 Å². The fourth-order valence-electron chi connectivity index (χ4n) is 0.680. The molecule has 2 heterocycles. The second-order valence-electron chi connectivity index (χ2n) is 1.67. The van der Waals surface area contributed by atoms with E-state index in [2.05, 4.69) is 15.4 Å². The first-order valence-electron chi connectivity index (χ1n) is 2.58. The fourth-order valence-corrected chi connectivity index (χ4v) is 0.680. The quantitative estimate of drug-likeness (QED) is 0.496. The molecule has 0 aliphatic heterocycles. The van der Waals surface area contributed by atoms with Crippen LogP contribution in [0.4, 0.5) is 0 Å². The van der Waals surface area contributed by atoms with Crippen LogP contribution < -0.4 is 0 Å². The molecule has 0 saturated heterocycles. The van der Waals surface area contributed by atoms with E-state index < -0.39 is 0 Å². The summed E-state index contributed by atoms with van der Waals surface area (Å²) in [4.78, 5) is 0. The van der Waals surface area contributed by atoms with Gasteiger partial charge in [0.05, 0.1) is 6.20 Å². The first kappa shape index (κ1) is 4.43. The Morgan fingerprint density at radius 2 is 2.44 bits per heavy atom. The van der Waals surface area contributed by atoms with Crippen LogP contribution in [0.2, 0.25) is 0 Å². The number of fused-ring (bicyclic) bond motifs is 1. The maximum atomic E-state index is 3.88. The third kappa shape index (κ3) is 0.561. The number of nitrogens with zero attached hydrogens (tertiary/aromatic N) is 4. The van der Waals surface area contributed by atoms with E-state index in [1.165, 1.54) is 4.63 Å². The summed E-state index contributed by atoms with van der Waals surface area (Å²) in [5.74, 6) is 0. The minimum absolute atomic E-state index is 0.914. The fraction of sp³-hybridized carbons (Fsp3) is 0. The van der Waals surface area contributed by atoms with Gasteiger partial charge in [-0.1, -0.05) is 0 Å². The molecule has 2 aromatic rings. The predicted octanol–water partition coefficient (Wildman–Crippen LogP) is 0.124. The molecule has 0 unspecified atom stereocenters. The first-order chi connectivity index (χ1) is 4.47. The van der Waals surface area contributed by atoms with Crippen molar-refractivity contribution in [3.63, 3.8) is 0 Å². The second kappa shape index (κ2) is 1.51. The molecule has 4 nitrogen and oxygen atoms in total. The van der Waals surface area contributed by atoms with Crippen molar-refractivity contribution >= 4 is 5.52 Å². The highest BCUT2D eigenvalue weighted by atomic mass is 15.5. The van der Waals surface area contributed by atoms with Crippen molar-refractivity contribution < 1.29 is 0 Å². The third-order valence-corrected chi connectivity index (χ3v) is 1.09. The summed E-state index contributed by atoms with van der Waals surface area (Å²) in [6, 6.07) is 3.74. The van der Waals surface area contributed by atoms with Crippen LogP contribution in [0, 0.1) is 0 Å². The summed E-state index contributed by atoms with van der Waals surface area (Å²) < 4.78 is 1.47. The SMILES string of the molecule is c1cnn2nncc2c1. The first-order valence-corrected chi connectivity index (χ1v) is 2.58. The van der Waals surface area contributed by atoms with E-state index in [0.717, 1.165) is 5.52 Å². The molecule has 4 heteroatoms. The molecule has 44 valence electrons. The number of aromatic nitrogens is 4. The van der Waals surface area contributed by atoms with E-state index in [4.69, 9.17) is 0 Å². The summed E-state index contributed by atoms with van der Waals surface area (Å²) in [5.41, 5.74) is 0.914. The highest BCUT2D eigenvalue weighted by Gasteiger charge is 1.88. The molecule has 0 spiro atoms. The van der Waals surface area contributed by atoms with Crippen molar-refractivity contribution in [1.82, 2.24) is 20.0 Å². The Hall–Kier alpha value is -1.45. The van der Waals surface area contributed by atoms with Crippen molar-refractivity contribution in [2.75, 3.05) is 0 Å². The maximum Gasteiger partial charge on any atom is 0.108 e. The molecule has 0 radical (unpaired) electrons. The summed E-state index contributed by atoms with van der Waals surface area (Å²) >= 11 is 0. The van der Waals surface area contributed by atoms with Gasteiger partial charge in [-0.2, -0.15) is 5.10 Å². The lowest BCUT2D eigenvalue weighted by Crippen LogP contribution is -1.90. The van der Waals surface area contributed by atoms with Gasteiger partial charge < -0.3 is 0 Å². The van der Waals surface area contributed by atoms with Gasteiger partial charge in [0.25, 0.3) is 0 Å². The normalized spacial score (nSPS) is 10.2. The van der Waals surface area contributed by atoms with Gasteiger partial charge in [-0.15, -0.1) is 9.73 Å². The molecule has 0 aliphatic carbocycles. The van der Waals surface area contributed by atoms with Crippen molar-refractivity contribution in [2.45, 2.75) is 0 Å². The van der Waals surface area contributed by atoms with E-state index in [0.29, 0.717) is 0 Å². The van der Waals surface area contributed by atoms with Crippen LogP contribution in [0.1, 0.15) is 0 Å². The summed E-state index contributed by atoms with van der Waals surface area (Å²) in [7, 11) is 0. The van der Waals surface area contributed by atoms with Crippen LogP contribution in [0.3, 0.4) is 0 Å². The summed E-state index contributed by atoms with van der Waals surface area (Å²) in [6.07, 6.45) is 3.33. The Kier molecular flexibility index (Phi) is 0.745. The molecule has 0 bridgehead atoms. The molecule has 0 atom stereocenters. The van der Waals surface area contributed by atoms with E-state index in [1.54, 1.807) is 12.4 Å². The Morgan fingerprint density at radius 1 is 1.44 bits per heavy atom. The summed E-state index contributed by atoms with van der Waals surface area (Å²) in [5, 5.41) is 11.2. The van der Waals surface area contributed by atoms with Gasteiger partial charge in [-0.25, -0.2) is 0 Å². The van der Waals surface area contributed by atoms with Gasteiger partial charge in [0, 0.05) is 6.20 Å². The topological polar surface area (TPSA) is 43.1 Å². The largest absolute Gasteiger partial charge is 0.157 e. The Labute approximate surface area is 51.1 Å². The lowest BCUT2D eigenvalue weighted by molar-refractivity contribution is 0.743. The highest BCUT2D eigenvalue weighted by Crippen LogP contribution is 1.92. The van der Waals surface area contributed by atoms with Crippen molar-refractivity contribution in [3.8, 4) is 0 Å². The van der Waals surface area contributed by atoms with Crippen molar-refractivity contribution in [1.29, 1.82) is 0 Å². The maximum absolute atomic E-state index is 3.88. The standard InChI is InChI=1S/C5H4N4/c1-2-5-4-6-8-9(5)7-3-1/h1-4H. The minimum atomic E-state index is 0.914. The molecule has 0 aromatic carbocycles. The summed E-state index contributed by atoms with van der Waals surface area (Å²) in [6.45, 7) is 0. The van der Waals surface area contributed by atoms with Crippen LogP contribution in [0.15, 0.2) is 24.5 Å². The van der Waals surface area contributed by atoms with Gasteiger partial charge in [0.1, 0.15) is 5.52 Å². The van der Waals surface area contributed by atoms with E-state index in [-0.39, 0.29) is 0 Å². The molecular formula is C5H4N4. The average Bonchev–Trinajstić information content (AvgIpc) is 2.33. The van der Waals surface area contributed by atoms with Crippen LogP contribution in [0.5, 0.6) is 0 Å². The number of rotatable bonds is 0. The third-order valence-electron chi connectivity index (χ3n) is 1.09. The van der Waals surface area contributed by atoms with Crippen molar-refractivity contribution in [3.05, 3.63) is 24.5 Å². The van der Waals surface area contributed by atoms with Crippen LogP contribution in [-0.4, -0.2) is 20.0 Å². The lowest BCUT2D eigenvalue weighted by atomic mass is 10.5. The lowest BCUT2D eigenvalue weighted by Gasteiger charge is -1.83. The highest BCUT2D eigenvalue weighted by molar-refractivity contribution is 5.39. The van der Waals surface area contributed by atoms with Crippen LogP contribution in [0.25, 0.3) is 5.52 Å². The minimum Gasteiger partial charge on any atom is -0.157 e. The molecule has 0 fully saturated rings. The molecule has 0 aliphatic rings. The number of hydrogen-bond acceptors (Lipinski definition) is 3. The van der Waals surface area contributed by atoms with Crippen LogP contribution in [-0.2, 0) is 0 Å². The second-order valence-corrected chi connectivity index (χ2v) is 1.67. The Bertz CT molecular complexity index is 283. The molecule has 0 amide bonds. The Morgan fingerprint density at radius 3 is 3.33 bits per heavy atom. The molecule has 2 aromatic heterocycles. The molecule has 0 saturated carbocycles. The molecule has 2 rings (SSSR count). The van der Waals surface area contributed by atoms with Crippen LogP contribution >= 0.6 is 0 Å². The van der Waals surface area contributed by atoms with Gasteiger partial charge in [-0.3, -0.25) is 0 Å². The molecular weight excluding hydrogens is 116 g/mol. The van der Waals surface area contributed by atoms with E-state index in [1.807, 2.05) is 12.1 Å². The average molecular weight is 120 g/mol. The van der Waals surface area contributed by atoms with Gasteiger partial charge in [0.2, 0.25) is 0 Å². The smallest absolute Gasteiger partial charge is 0.108 e. The monoisotopic (exact) mass is 120 g/mol. The van der Waals surface area contributed by atoms with E-state index in [9.17, 15) is 0 Å². The van der Waals surface area contributed by atoms with Crippen molar-refractivity contribution in [2.24, 2.45) is 0 Å². The molecule has 0 N–H and O–H groups in total.